The Kier molecular flexibility index (Phi) is 3.51. The molecule has 3 heteroatoms. The van der Waals surface area contributed by atoms with Crippen molar-refractivity contribution in [3.8, 4) is 0 Å². The molecule has 0 aliphatic carbocycles. The molecule has 0 aromatic heterocycles. The van der Waals surface area contributed by atoms with E-state index in [1.807, 2.05) is 6.92 Å². The van der Waals surface area contributed by atoms with Crippen LogP contribution in [0.1, 0.15) is 13.8 Å². The zero-order valence-electron chi connectivity index (χ0n) is 5.51. The smallest absolute Gasteiger partial charge is 0.427 e. The summed E-state index contributed by atoms with van der Waals surface area (Å²) < 4.78 is 4.13. The van der Waals surface area contributed by atoms with Crippen LogP contribution in [0, 0.1) is 0 Å². The van der Waals surface area contributed by atoms with E-state index in [1.165, 1.54) is 0 Å². The van der Waals surface area contributed by atoms with Crippen LogP contribution in [0.2, 0.25) is 0 Å². The molecule has 0 atom stereocenters. The van der Waals surface area contributed by atoms with E-state index in [0.717, 1.165) is 5.57 Å². The zero-order chi connectivity index (χ0) is 7.28. The van der Waals surface area contributed by atoms with Crippen molar-refractivity contribution in [3.05, 3.63) is 11.6 Å². The molecule has 1 radical (unpaired) electrons. The van der Waals surface area contributed by atoms with Crippen LogP contribution in [0.25, 0.3) is 0 Å². The Labute approximate surface area is 53.9 Å². The van der Waals surface area contributed by atoms with Gasteiger partial charge in [-0.3, -0.25) is 0 Å². The van der Waals surface area contributed by atoms with Gasteiger partial charge in [0, 0.05) is 0 Å². The van der Waals surface area contributed by atoms with E-state index in [9.17, 15) is 9.90 Å². The lowest BCUT2D eigenvalue weighted by atomic mass is 10.3. The lowest BCUT2D eigenvalue weighted by Crippen LogP contribution is -2.00. The van der Waals surface area contributed by atoms with Crippen molar-refractivity contribution >= 4 is 6.16 Å². The van der Waals surface area contributed by atoms with Crippen molar-refractivity contribution in [2.75, 3.05) is 6.61 Å². The van der Waals surface area contributed by atoms with Gasteiger partial charge in [0.2, 0.25) is 0 Å². The van der Waals surface area contributed by atoms with Crippen molar-refractivity contribution in [3.63, 3.8) is 0 Å². The van der Waals surface area contributed by atoms with E-state index >= 15 is 0 Å². The number of carbonyl (C=O) groups excluding carboxylic acids is 1. The summed E-state index contributed by atoms with van der Waals surface area (Å²) in [6.45, 7) is 3.70. The summed E-state index contributed by atoms with van der Waals surface area (Å²) in [5.41, 5.74) is 0.874. The lowest BCUT2D eigenvalue weighted by molar-refractivity contribution is 0.0750. The van der Waals surface area contributed by atoms with Crippen LogP contribution >= 0.6 is 0 Å². The van der Waals surface area contributed by atoms with Crippen molar-refractivity contribution in [2.45, 2.75) is 13.8 Å². The van der Waals surface area contributed by atoms with Crippen molar-refractivity contribution in [2.24, 2.45) is 0 Å². The van der Waals surface area contributed by atoms with Gasteiger partial charge in [-0.15, -0.1) is 0 Å². The Hall–Kier alpha value is -0.990. The molecule has 0 aromatic carbocycles. The van der Waals surface area contributed by atoms with Gasteiger partial charge in [-0.2, -0.15) is 9.90 Å². The quantitative estimate of drug-likeness (QED) is 0.419. The Morgan fingerprint density at radius 3 is 2.56 bits per heavy atom. The Morgan fingerprint density at radius 2 is 2.22 bits per heavy atom. The molecule has 0 saturated heterocycles. The predicted molar refractivity (Wildman–Crippen MR) is 31.5 cm³/mol. The second kappa shape index (κ2) is 3.95. The van der Waals surface area contributed by atoms with Crippen molar-refractivity contribution < 1.29 is 14.6 Å². The maximum atomic E-state index is 9.66. The highest BCUT2D eigenvalue weighted by Crippen LogP contribution is 1.91. The molecule has 0 aliphatic heterocycles. The molecule has 0 saturated carbocycles. The van der Waals surface area contributed by atoms with E-state index in [-0.39, 0.29) is 6.61 Å². The maximum Gasteiger partial charge on any atom is 0.550 e. The van der Waals surface area contributed by atoms with Gasteiger partial charge in [-0.1, -0.05) is 6.08 Å². The molecule has 3 nitrogen and oxygen atoms in total. The molecular formula is C6H9O3. The average Bonchev–Trinajstić information content (AvgIpc) is 1.83. The van der Waals surface area contributed by atoms with Crippen LogP contribution in [0.4, 0.5) is 4.79 Å². The summed E-state index contributed by atoms with van der Waals surface area (Å²) >= 11 is 0. The molecule has 0 aromatic rings. The first-order valence-corrected chi connectivity index (χ1v) is 2.62. The molecule has 0 heterocycles. The average molecular weight is 129 g/mol. The van der Waals surface area contributed by atoms with E-state index in [0.29, 0.717) is 0 Å². The van der Waals surface area contributed by atoms with E-state index in [4.69, 9.17) is 0 Å². The Balaban J connectivity index is 3.39. The summed E-state index contributed by atoms with van der Waals surface area (Å²) in [4.78, 5) is 9.66. The van der Waals surface area contributed by atoms with Crippen LogP contribution < -0.4 is 0 Å². The van der Waals surface area contributed by atoms with Gasteiger partial charge in [-0.05, 0) is 19.4 Å². The maximum absolute atomic E-state index is 9.66. The molecule has 0 amide bonds. The third-order valence-electron chi connectivity index (χ3n) is 0.910. The molecule has 0 bridgehead atoms. The van der Waals surface area contributed by atoms with Gasteiger partial charge in [0.1, 0.15) is 6.61 Å². The topological polar surface area (TPSA) is 46.2 Å². The fourth-order valence-electron chi connectivity index (χ4n) is 0.256. The minimum atomic E-state index is -1.48. The van der Waals surface area contributed by atoms with Gasteiger partial charge < -0.3 is 4.74 Å². The molecule has 0 unspecified atom stereocenters. The first-order valence-electron chi connectivity index (χ1n) is 2.62. The third-order valence-corrected chi connectivity index (χ3v) is 0.910. The number of ether oxygens (including phenoxy) is 1. The molecule has 0 aliphatic rings. The second-order valence-corrected chi connectivity index (χ2v) is 1.67. The summed E-state index contributed by atoms with van der Waals surface area (Å²) in [6.07, 6.45) is 0.305. The monoisotopic (exact) mass is 129 g/mol. The van der Waals surface area contributed by atoms with E-state index in [1.54, 1.807) is 13.0 Å². The van der Waals surface area contributed by atoms with Crippen molar-refractivity contribution in [1.82, 2.24) is 0 Å². The largest absolute Gasteiger partial charge is 0.550 e. The first-order chi connectivity index (χ1) is 4.16. The van der Waals surface area contributed by atoms with E-state index < -0.39 is 6.16 Å². The summed E-state index contributed by atoms with van der Waals surface area (Å²) in [5, 5.41) is 9.66. The van der Waals surface area contributed by atoms with Gasteiger partial charge in [0.05, 0.1) is 0 Å². The lowest BCUT2D eigenvalue weighted by Gasteiger charge is -1.95. The molecule has 51 valence electrons. The molecule has 0 rings (SSSR count). The molecule has 0 fully saturated rings. The van der Waals surface area contributed by atoms with Crippen LogP contribution in [-0.2, 0) is 9.84 Å². The molecule has 9 heavy (non-hydrogen) atoms. The molecular weight excluding hydrogens is 120 g/mol. The number of rotatable bonds is 2. The standard InChI is InChI=1S/C6H9O3/c1-3-5(2)4-9-6(7)8/h3H,4H2,1-2H3/b5-3+. The number of allylic oxidation sites excluding steroid dienone is 1. The molecule has 0 N–H and O–H groups in total. The number of hydrogen-bond acceptors (Lipinski definition) is 2. The highest BCUT2D eigenvalue weighted by molar-refractivity contribution is 5.56. The number of carbonyl (C=O) groups is 1. The Bertz CT molecular complexity index is 126. The normalized spacial score (nSPS) is 11.1. The predicted octanol–water partition coefficient (Wildman–Crippen LogP) is 1.52. The fourth-order valence-corrected chi connectivity index (χ4v) is 0.256. The highest BCUT2D eigenvalue weighted by atomic mass is 16.7. The summed E-state index contributed by atoms with van der Waals surface area (Å²) in [7, 11) is 0. The van der Waals surface area contributed by atoms with Gasteiger partial charge in [-0.25, -0.2) is 0 Å². The zero-order valence-corrected chi connectivity index (χ0v) is 5.51. The van der Waals surface area contributed by atoms with Crippen LogP contribution in [-0.4, -0.2) is 12.8 Å². The van der Waals surface area contributed by atoms with Crippen LogP contribution in [0.15, 0.2) is 11.6 Å². The summed E-state index contributed by atoms with van der Waals surface area (Å²) in [5.74, 6) is 0. The summed E-state index contributed by atoms with van der Waals surface area (Å²) in [6, 6.07) is 0. The second-order valence-electron chi connectivity index (χ2n) is 1.67. The molecule has 0 spiro atoms. The first kappa shape index (κ1) is 8.01. The SMILES string of the molecule is C/C=C(\C)COC([O])=O. The minimum absolute atomic E-state index is 0.110. The van der Waals surface area contributed by atoms with Gasteiger partial charge in [0.15, 0.2) is 0 Å². The highest BCUT2D eigenvalue weighted by Gasteiger charge is 1.97. The van der Waals surface area contributed by atoms with Gasteiger partial charge in [0.25, 0.3) is 0 Å². The Morgan fingerprint density at radius 1 is 1.67 bits per heavy atom. The van der Waals surface area contributed by atoms with E-state index in [2.05, 4.69) is 4.74 Å². The van der Waals surface area contributed by atoms with Crippen LogP contribution in [0.5, 0.6) is 0 Å². The number of hydrogen-bond donors (Lipinski definition) is 0. The third kappa shape index (κ3) is 4.87. The fraction of sp³-hybridized carbons (Fsp3) is 0.500. The van der Waals surface area contributed by atoms with Gasteiger partial charge >= 0.3 is 6.16 Å². The van der Waals surface area contributed by atoms with Crippen LogP contribution in [0.3, 0.4) is 0 Å². The van der Waals surface area contributed by atoms with Crippen molar-refractivity contribution in [1.29, 1.82) is 0 Å². The minimum Gasteiger partial charge on any atom is -0.427 e.